The van der Waals surface area contributed by atoms with Crippen LogP contribution in [0, 0.1) is 11.5 Å². The van der Waals surface area contributed by atoms with Gasteiger partial charge in [0, 0.05) is 12.8 Å². The van der Waals surface area contributed by atoms with Crippen LogP contribution in [0.25, 0.3) is 0 Å². The van der Waals surface area contributed by atoms with Crippen LogP contribution in [0.1, 0.15) is 18.4 Å². The third-order valence-corrected chi connectivity index (χ3v) is 4.29. The Hall–Kier alpha value is -1.28. The van der Waals surface area contributed by atoms with Crippen LogP contribution >= 0.6 is 0 Å². The lowest BCUT2D eigenvalue weighted by Gasteiger charge is -2.15. The predicted octanol–water partition coefficient (Wildman–Crippen LogP) is 3.64. The molecular weight excluding hydrogens is 292 g/mol. The molecule has 0 bridgehead atoms. The largest absolute Gasteiger partial charge is 0.497 e. The van der Waals surface area contributed by atoms with Gasteiger partial charge < -0.3 is 14.2 Å². The second kappa shape index (κ2) is 7.82. The maximum atomic E-state index is 6.06. The summed E-state index contributed by atoms with van der Waals surface area (Å²) in [7, 11) is 0.367. The molecule has 22 heavy (non-hydrogen) atoms. The second-order valence-electron chi connectivity index (χ2n) is 6.73. The minimum absolute atomic E-state index is 0.151. The van der Waals surface area contributed by atoms with Crippen LogP contribution < -0.4 is 4.74 Å². The van der Waals surface area contributed by atoms with E-state index in [4.69, 9.17) is 14.2 Å². The van der Waals surface area contributed by atoms with Crippen molar-refractivity contribution in [2.45, 2.75) is 51.3 Å². The average molecular weight is 318 g/mol. The van der Waals surface area contributed by atoms with Gasteiger partial charge in [0.2, 0.25) is 0 Å². The van der Waals surface area contributed by atoms with Crippen molar-refractivity contribution >= 4 is 8.07 Å². The Balaban J connectivity index is 1.86. The second-order valence-corrected chi connectivity index (χ2v) is 11.5. The number of ether oxygens (including phenoxy) is 3. The molecule has 1 aromatic carbocycles. The van der Waals surface area contributed by atoms with Crippen LogP contribution in [0.2, 0.25) is 19.6 Å². The molecule has 2 atom stereocenters. The third-order valence-electron chi connectivity index (χ3n) is 3.37. The van der Waals surface area contributed by atoms with E-state index < -0.39 is 8.07 Å². The van der Waals surface area contributed by atoms with Crippen molar-refractivity contribution in [2.24, 2.45) is 0 Å². The summed E-state index contributed by atoms with van der Waals surface area (Å²) >= 11 is 0. The van der Waals surface area contributed by atoms with E-state index in [0.717, 1.165) is 30.8 Å². The van der Waals surface area contributed by atoms with Crippen molar-refractivity contribution in [3.8, 4) is 17.2 Å². The van der Waals surface area contributed by atoms with E-state index in [-0.39, 0.29) is 6.10 Å². The van der Waals surface area contributed by atoms with Crippen molar-refractivity contribution in [3.05, 3.63) is 29.8 Å². The van der Waals surface area contributed by atoms with Gasteiger partial charge in [-0.3, -0.25) is 0 Å². The Kier molecular flexibility index (Phi) is 6.07. The number of epoxide rings is 1. The zero-order valence-electron chi connectivity index (χ0n) is 14.0. The highest BCUT2D eigenvalue weighted by Crippen LogP contribution is 2.21. The smallest absolute Gasteiger partial charge is 0.129 e. The van der Waals surface area contributed by atoms with Crippen molar-refractivity contribution in [3.63, 3.8) is 0 Å². The van der Waals surface area contributed by atoms with E-state index in [9.17, 15) is 0 Å². The Labute approximate surface area is 135 Å². The topological polar surface area (TPSA) is 31.0 Å². The van der Waals surface area contributed by atoms with Gasteiger partial charge in [0.1, 0.15) is 13.8 Å². The van der Waals surface area contributed by atoms with Crippen LogP contribution in [0.4, 0.5) is 0 Å². The highest BCUT2D eigenvalue weighted by atomic mass is 28.3. The summed E-state index contributed by atoms with van der Waals surface area (Å²) in [6, 6.07) is 8.00. The summed E-state index contributed by atoms with van der Waals surface area (Å²) in [4.78, 5) is 0. The molecule has 1 aliphatic heterocycles. The first-order valence-electron chi connectivity index (χ1n) is 7.82. The Morgan fingerprint density at radius 2 is 1.95 bits per heavy atom. The predicted molar refractivity (Wildman–Crippen MR) is 91.7 cm³/mol. The number of rotatable bonds is 7. The lowest BCUT2D eigenvalue weighted by atomic mass is 10.1. The van der Waals surface area contributed by atoms with Gasteiger partial charge in [0.05, 0.1) is 32.5 Å². The van der Waals surface area contributed by atoms with Gasteiger partial charge in [0.15, 0.2) is 0 Å². The summed E-state index contributed by atoms with van der Waals surface area (Å²) in [5, 5.41) is 0. The van der Waals surface area contributed by atoms with Crippen molar-refractivity contribution in [1.82, 2.24) is 0 Å². The molecule has 1 saturated heterocycles. The lowest BCUT2D eigenvalue weighted by molar-refractivity contribution is 0.0336. The number of hydrogen-bond acceptors (Lipinski definition) is 3. The summed E-state index contributed by atoms with van der Waals surface area (Å²) in [5.74, 6) is 4.19. The molecule has 3 nitrogen and oxygen atoms in total. The summed E-state index contributed by atoms with van der Waals surface area (Å²) < 4.78 is 16.6. The van der Waals surface area contributed by atoms with Gasteiger partial charge in [-0.2, -0.15) is 0 Å². The quantitative estimate of drug-likeness (QED) is 0.437. The molecule has 1 heterocycles. The van der Waals surface area contributed by atoms with Gasteiger partial charge in [0.25, 0.3) is 0 Å². The van der Waals surface area contributed by atoms with E-state index in [1.54, 1.807) is 7.11 Å². The molecule has 0 amide bonds. The normalized spacial score (nSPS) is 18.3. The molecular formula is C18H26O3Si. The van der Waals surface area contributed by atoms with E-state index in [1.165, 1.54) is 0 Å². The molecule has 0 saturated carbocycles. The lowest BCUT2D eigenvalue weighted by Crippen LogP contribution is -2.18. The van der Waals surface area contributed by atoms with Gasteiger partial charge in [-0.05, 0) is 17.7 Å². The number of methoxy groups -OCH3 is 1. The molecule has 0 aromatic heterocycles. The Bertz CT molecular complexity index is 518. The molecule has 1 fully saturated rings. The fourth-order valence-corrected chi connectivity index (χ4v) is 2.71. The van der Waals surface area contributed by atoms with E-state index >= 15 is 0 Å². The highest BCUT2D eigenvalue weighted by molar-refractivity contribution is 6.83. The average Bonchev–Trinajstić information content (AvgIpc) is 3.28. The molecule has 1 aromatic rings. The molecule has 2 rings (SSSR count). The minimum atomic E-state index is -1.31. The molecule has 0 unspecified atom stereocenters. The first kappa shape index (κ1) is 17.1. The molecule has 0 spiro atoms. The number of hydrogen-bond donors (Lipinski definition) is 0. The summed E-state index contributed by atoms with van der Waals surface area (Å²) in [6.45, 7) is 8.26. The zero-order chi connectivity index (χ0) is 16.0. The SMILES string of the molecule is COc1ccc(CO[C@@H](CC#C[Si](C)(C)C)C[C@H]2CO2)cc1. The first-order valence-corrected chi connectivity index (χ1v) is 11.3. The first-order chi connectivity index (χ1) is 10.5. The summed E-state index contributed by atoms with van der Waals surface area (Å²) in [6.07, 6.45) is 2.25. The molecule has 1 aliphatic rings. The maximum Gasteiger partial charge on any atom is 0.129 e. The van der Waals surface area contributed by atoms with Gasteiger partial charge in [-0.15, -0.1) is 11.5 Å². The van der Waals surface area contributed by atoms with E-state index in [1.807, 2.05) is 24.3 Å². The Morgan fingerprint density at radius 3 is 2.50 bits per heavy atom. The van der Waals surface area contributed by atoms with Crippen molar-refractivity contribution in [2.75, 3.05) is 13.7 Å². The fraction of sp³-hybridized carbons (Fsp3) is 0.556. The highest BCUT2D eigenvalue weighted by Gasteiger charge is 2.26. The van der Waals surface area contributed by atoms with Gasteiger partial charge >= 0.3 is 0 Å². The monoisotopic (exact) mass is 318 g/mol. The molecule has 4 heteroatoms. The maximum absolute atomic E-state index is 6.06. The minimum Gasteiger partial charge on any atom is -0.497 e. The fourth-order valence-electron chi connectivity index (χ4n) is 2.07. The van der Waals surface area contributed by atoms with Crippen molar-refractivity contribution in [1.29, 1.82) is 0 Å². The number of benzene rings is 1. The Morgan fingerprint density at radius 1 is 1.27 bits per heavy atom. The van der Waals surface area contributed by atoms with Crippen LogP contribution in [0.5, 0.6) is 5.75 Å². The molecule has 0 aliphatic carbocycles. The van der Waals surface area contributed by atoms with Crippen molar-refractivity contribution < 1.29 is 14.2 Å². The van der Waals surface area contributed by atoms with Crippen LogP contribution in [0.3, 0.4) is 0 Å². The van der Waals surface area contributed by atoms with Crippen LogP contribution in [-0.4, -0.2) is 34.0 Å². The van der Waals surface area contributed by atoms with Crippen LogP contribution in [0.15, 0.2) is 24.3 Å². The molecule has 0 radical (unpaired) electrons. The molecule has 120 valence electrons. The van der Waals surface area contributed by atoms with E-state index in [0.29, 0.717) is 12.7 Å². The third kappa shape index (κ3) is 6.65. The van der Waals surface area contributed by atoms with E-state index in [2.05, 4.69) is 31.1 Å². The molecule has 0 N–H and O–H groups in total. The zero-order valence-corrected chi connectivity index (χ0v) is 15.0. The summed E-state index contributed by atoms with van der Waals surface area (Å²) in [5.41, 5.74) is 4.56. The standard InChI is InChI=1S/C18H26O3Si/c1-19-16-9-7-15(8-10-16)13-20-17(12-18-14-21-18)6-5-11-22(2,3)4/h7-10,17-18H,6,12-14H2,1-4H3/t17-,18-/m0/s1. The van der Waals surface area contributed by atoms with Crippen LogP contribution in [-0.2, 0) is 16.1 Å². The van der Waals surface area contributed by atoms with Gasteiger partial charge in [-0.25, -0.2) is 0 Å². The van der Waals surface area contributed by atoms with Gasteiger partial charge in [-0.1, -0.05) is 31.8 Å².